The maximum Gasteiger partial charge on any atom is -0.0292 e. The van der Waals surface area contributed by atoms with Crippen LogP contribution in [0.2, 0.25) is 0 Å². The molecule has 0 nitrogen and oxygen atoms in total. The zero-order valence-corrected chi connectivity index (χ0v) is 11.3. The highest BCUT2D eigenvalue weighted by atomic mass is 14.5. The van der Waals surface area contributed by atoms with Gasteiger partial charge in [-0.2, -0.15) is 0 Å². The van der Waals surface area contributed by atoms with Crippen molar-refractivity contribution in [2.45, 2.75) is 77.0 Å². The largest absolute Gasteiger partial charge is 0.0528 e. The third-order valence-corrected chi connectivity index (χ3v) is 7.11. The summed E-state index contributed by atoms with van der Waals surface area (Å²) in [5.41, 5.74) is 0.844. The lowest BCUT2D eigenvalue weighted by molar-refractivity contribution is 0.0236. The van der Waals surface area contributed by atoms with Crippen LogP contribution in [0.1, 0.15) is 77.0 Å². The summed E-state index contributed by atoms with van der Waals surface area (Å²) in [5.74, 6) is 4.62. The van der Waals surface area contributed by atoms with Gasteiger partial charge in [0.25, 0.3) is 0 Å². The van der Waals surface area contributed by atoms with E-state index >= 15 is 0 Å². The number of hydrogen-bond acceptors (Lipinski definition) is 0. The van der Waals surface area contributed by atoms with Gasteiger partial charge in [0, 0.05) is 0 Å². The van der Waals surface area contributed by atoms with E-state index in [0.29, 0.717) is 0 Å². The lowest BCUT2D eigenvalue weighted by Gasteiger charge is -2.48. The van der Waals surface area contributed by atoms with Crippen molar-refractivity contribution in [1.82, 2.24) is 0 Å². The summed E-state index contributed by atoms with van der Waals surface area (Å²) in [7, 11) is 0. The Labute approximate surface area is 107 Å². The van der Waals surface area contributed by atoms with Crippen LogP contribution in [0, 0.1) is 29.1 Å². The minimum absolute atomic E-state index is 0.844. The molecule has 4 aliphatic rings. The van der Waals surface area contributed by atoms with E-state index in [0.717, 1.165) is 29.1 Å². The summed E-state index contributed by atoms with van der Waals surface area (Å²) in [4.78, 5) is 0. The molecular formula is C17H28. The van der Waals surface area contributed by atoms with Gasteiger partial charge in [-0.3, -0.25) is 0 Å². The van der Waals surface area contributed by atoms with Crippen LogP contribution in [-0.4, -0.2) is 0 Å². The minimum Gasteiger partial charge on any atom is -0.0528 e. The molecule has 0 bridgehead atoms. The molecule has 4 atom stereocenters. The summed E-state index contributed by atoms with van der Waals surface area (Å²) < 4.78 is 0. The van der Waals surface area contributed by atoms with E-state index < -0.39 is 0 Å². The second-order valence-electron chi connectivity index (χ2n) is 7.89. The van der Waals surface area contributed by atoms with E-state index in [2.05, 4.69) is 0 Å². The van der Waals surface area contributed by atoms with Crippen molar-refractivity contribution in [3.8, 4) is 0 Å². The van der Waals surface area contributed by atoms with Crippen LogP contribution >= 0.6 is 0 Å². The van der Waals surface area contributed by atoms with E-state index in [9.17, 15) is 0 Å². The van der Waals surface area contributed by atoms with Crippen LogP contribution in [0.15, 0.2) is 0 Å². The van der Waals surface area contributed by atoms with Gasteiger partial charge in [0.2, 0.25) is 0 Å². The van der Waals surface area contributed by atoms with Crippen LogP contribution in [0.4, 0.5) is 0 Å². The molecule has 4 aliphatic carbocycles. The van der Waals surface area contributed by atoms with Crippen molar-refractivity contribution < 1.29 is 0 Å². The Bertz CT molecular complexity index is 262. The predicted octanol–water partition coefficient (Wildman–Crippen LogP) is 5.17. The van der Waals surface area contributed by atoms with Crippen molar-refractivity contribution in [2.75, 3.05) is 0 Å². The molecule has 0 aromatic heterocycles. The smallest absolute Gasteiger partial charge is 0.0292 e. The van der Waals surface area contributed by atoms with Crippen molar-refractivity contribution in [1.29, 1.82) is 0 Å². The summed E-state index contributed by atoms with van der Waals surface area (Å²) in [5, 5.41) is 0. The molecule has 0 amide bonds. The third-order valence-electron chi connectivity index (χ3n) is 7.11. The second kappa shape index (κ2) is 4.00. The van der Waals surface area contributed by atoms with Crippen LogP contribution in [-0.2, 0) is 0 Å². The molecule has 17 heavy (non-hydrogen) atoms. The maximum absolute atomic E-state index is 1.64. The Morgan fingerprint density at radius 3 is 1.53 bits per heavy atom. The molecule has 0 aromatic rings. The quantitative estimate of drug-likeness (QED) is 0.540. The van der Waals surface area contributed by atoms with E-state index in [1.807, 2.05) is 0 Å². The molecule has 0 aromatic carbocycles. The highest BCUT2D eigenvalue weighted by Crippen LogP contribution is 2.59. The van der Waals surface area contributed by atoms with Gasteiger partial charge >= 0.3 is 0 Å². The minimum atomic E-state index is 0.844. The second-order valence-corrected chi connectivity index (χ2v) is 7.89. The molecule has 0 saturated heterocycles. The summed E-state index contributed by atoms with van der Waals surface area (Å²) in [6.45, 7) is 0. The Kier molecular flexibility index (Phi) is 2.56. The first kappa shape index (κ1) is 10.9. The van der Waals surface area contributed by atoms with Crippen LogP contribution in [0.5, 0.6) is 0 Å². The number of hydrogen-bond donors (Lipinski definition) is 0. The Balaban J connectivity index is 1.49. The molecule has 4 saturated carbocycles. The normalized spacial score (nSPS) is 53.6. The standard InChI is InChI=1S/C17H28/c1-3-13-7-9-17(11-15(13)5-1)10-8-14-4-2-6-16(14)12-17/h13-16H,1-12H2. The number of rotatable bonds is 0. The van der Waals surface area contributed by atoms with E-state index in [1.165, 1.54) is 0 Å². The van der Waals surface area contributed by atoms with E-state index in [4.69, 9.17) is 0 Å². The molecule has 0 heteroatoms. The molecule has 0 heterocycles. The lowest BCUT2D eigenvalue weighted by Crippen LogP contribution is -2.37. The molecule has 1 spiro atoms. The van der Waals surface area contributed by atoms with Gasteiger partial charge < -0.3 is 0 Å². The van der Waals surface area contributed by atoms with Gasteiger partial charge in [-0.25, -0.2) is 0 Å². The van der Waals surface area contributed by atoms with Crippen molar-refractivity contribution >= 4 is 0 Å². The highest BCUT2D eigenvalue weighted by molar-refractivity contribution is 4.98. The summed E-state index contributed by atoms with van der Waals surface area (Å²) >= 11 is 0. The SMILES string of the molecule is C1CC2CCC3(CCC4CCCC4C3)CC2C1. The Morgan fingerprint density at radius 1 is 0.529 bits per heavy atom. The first-order chi connectivity index (χ1) is 8.35. The molecule has 0 radical (unpaired) electrons. The van der Waals surface area contributed by atoms with Crippen LogP contribution in [0.25, 0.3) is 0 Å². The number of fused-ring (bicyclic) bond motifs is 2. The third kappa shape index (κ3) is 1.78. The molecular weight excluding hydrogens is 204 g/mol. The zero-order chi connectivity index (χ0) is 11.3. The Hall–Kier alpha value is 0. The molecule has 4 rings (SSSR count). The van der Waals surface area contributed by atoms with Gasteiger partial charge in [0.1, 0.15) is 0 Å². The first-order valence-corrected chi connectivity index (χ1v) is 8.35. The van der Waals surface area contributed by atoms with Gasteiger partial charge in [-0.1, -0.05) is 38.5 Å². The zero-order valence-electron chi connectivity index (χ0n) is 11.3. The fraction of sp³-hybridized carbons (Fsp3) is 1.00. The van der Waals surface area contributed by atoms with Gasteiger partial charge in [0.05, 0.1) is 0 Å². The lowest BCUT2D eigenvalue weighted by atomic mass is 9.57. The first-order valence-electron chi connectivity index (χ1n) is 8.35. The van der Waals surface area contributed by atoms with Crippen molar-refractivity contribution in [2.24, 2.45) is 29.1 Å². The Morgan fingerprint density at radius 2 is 1.00 bits per heavy atom. The molecule has 4 fully saturated rings. The van der Waals surface area contributed by atoms with E-state index in [1.54, 1.807) is 77.0 Å². The van der Waals surface area contributed by atoms with Gasteiger partial charge in [0.15, 0.2) is 0 Å². The van der Waals surface area contributed by atoms with Gasteiger partial charge in [-0.15, -0.1) is 0 Å². The monoisotopic (exact) mass is 232 g/mol. The summed E-state index contributed by atoms with van der Waals surface area (Å²) in [6, 6.07) is 0. The fourth-order valence-corrected chi connectivity index (χ4v) is 6.24. The van der Waals surface area contributed by atoms with Crippen LogP contribution in [0.3, 0.4) is 0 Å². The van der Waals surface area contributed by atoms with E-state index in [-0.39, 0.29) is 0 Å². The van der Waals surface area contributed by atoms with Gasteiger partial charge in [-0.05, 0) is 67.6 Å². The molecule has 0 N–H and O–H groups in total. The average molecular weight is 232 g/mol. The topological polar surface area (TPSA) is 0 Å². The maximum atomic E-state index is 1.64. The van der Waals surface area contributed by atoms with Crippen LogP contribution < -0.4 is 0 Å². The highest BCUT2D eigenvalue weighted by Gasteiger charge is 2.47. The van der Waals surface area contributed by atoms with Crippen molar-refractivity contribution in [3.63, 3.8) is 0 Å². The fourth-order valence-electron chi connectivity index (χ4n) is 6.24. The van der Waals surface area contributed by atoms with Crippen molar-refractivity contribution in [3.05, 3.63) is 0 Å². The summed E-state index contributed by atoms with van der Waals surface area (Å²) in [6.07, 6.45) is 19.1. The molecule has 4 unspecified atom stereocenters. The molecule has 0 aliphatic heterocycles. The molecule has 96 valence electrons. The predicted molar refractivity (Wildman–Crippen MR) is 71.8 cm³/mol. The average Bonchev–Trinajstić information content (AvgIpc) is 2.95.